The number of ether oxygens (including phenoxy) is 1. The van der Waals surface area contributed by atoms with E-state index in [1.165, 1.54) is 12.0 Å². The monoisotopic (exact) mass is 651 g/mol. The number of benzene rings is 2. The van der Waals surface area contributed by atoms with Gasteiger partial charge >= 0.3 is 5.97 Å². The maximum absolute atomic E-state index is 14.2. The highest BCUT2D eigenvalue weighted by atomic mass is 32.1. The second-order valence-corrected chi connectivity index (χ2v) is 13.9. The lowest BCUT2D eigenvalue weighted by Gasteiger charge is -2.36. The van der Waals surface area contributed by atoms with Crippen LogP contribution in [0.3, 0.4) is 0 Å². The molecule has 1 aliphatic heterocycles. The predicted molar refractivity (Wildman–Crippen MR) is 186 cm³/mol. The van der Waals surface area contributed by atoms with Gasteiger partial charge in [0.1, 0.15) is 6.54 Å². The molecule has 5 aromatic rings. The first-order valence-corrected chi connectivity index (χ1v) is 17.5. The van der Waals surface area contributed by atoms with Crippen LogP contribution in [0, 0.1) is 13.8 Å². The average Bonchev–Trinajstić information content (AvgIpc) is 3.60. The molecule has 9 nitrogen and oxygen atoms in total. The standard InChI is InChI=1S/C37H41N5O4S/c1-4-42(40-16-18-46-19-17-40)33(43)22-41-32-21-28(37(44)45)10-13-29(32)34(25-8-6-5-7-9-25)35(41)27-12-14-30-26(20-27)11-15-31(39-30)36-23(2)38-24(3)47-36/h10-15,20-21,25H,4-9,16-19,22H2,1-3H3,(H,44,45). The smallest absolute Gasteiger partial charge is 0.335 e. The summed E-state index contributed by atoms with van der Waals surface area (Å²) in [5.41, 5.74) is 7.03. The molecule has 0 unspecified atom stereocenters. The van der Waals surface area contributed by atoms with Crippen LogP contribution in [0.5, 0.6) is 0 Å². The molecule has 3 aromatic heterocycles. The second-order valence-electron chi connectivity index (χ2n) is 12.6. The number of thiazole rings is 1. The second kappa shape index (κ2) is 13.2. The van der Waals surface area contributed by atoms with Crippen LogP contribution in [0.25, 0.3) is 43.6 Å². The molecule has 2 aromatic carbocycles. The van der Waals surface area contributed by atoms with Crippen LogP contribution in [0.1, 0.15) is 71.6 Å². The summed E-state index contributed by atoms with van der Waals surface area (Å²) in [6.45, 7) is 9.19. The Morgan fingerprint density at radius 1 is 1.00 bits per heavy atom. The van der Waals surface area contributed by atoms with Crippen LogP contribution in [0.4, 0.5) is 0 Å². The van der Waals surface area contributed by atoms with E-state index >= 15 is 0 Å². The van der Waals surface area contributed by atoms with Crippen LogP contribution in [0.2, 0.25) is 0 Å². The van der Waals surface area contributed by atoms with Gasteiger partial charge in [-0.1, -0.05) is 37.5 Å². The van der Waals surface area contributed by atoms with Crippen molar-refractivity contribution in [3.8, 4) is 21.8 Å². The number of rotatable bonds is 8. The summed E-state index contributed by atoms with van der Waals surface area (Å²) in [6, 6.07) is 16.0. The van der Waals surface area contributed by atoms with Crippen LogP contribution < -0.4 is 0 Å². The Balaban J connectivity index is 1.40. The van der Waals surface area contributed by atoms with Crippen molar-refractivity contribution in [2.45, 2.75) is 65.3 Å². The molecule has 1 aliphatic carbocycles. The fourth-order valence-corrected chi connectivity index (χ4v) is 8.39. The number of carbonyl (C=O) groups is 2. The van der Waals surface area contributed by atoms with E-state index in [2.05, 4.69) is 44.9 Å². The SMILES string of the molecule is CCN(C(=O)Cn1c(-c2ccc3nc(-c4sc(C)nc4C)ccc3c2)c(C2CCCCC2)c2ccc(C(=O)O)cc21)N1CCOCC1. The van der Waals surface area contributed by atoms with Gasteiger partial charge in [-0.05, 0) is 81.0 Å². The molecule has 1 saturated heterocycles. The number of aromatic carboxylic acids is 1. The Hall–Kier alpha value is -4.12. The van der Waals surface area contributed by atoms with E-state index in [-0.39, 0.29) is 18.0 Å². The van der Waals surface area contributed by atoms with E-state index in [1.807, 2.05) is 31.8 Å². The number of hydrogen-bond donors (Lipinski definition) is 1. The maximum atomic E-state index is 14.2. The normalized spacial score (nSPS) is 16.2. The van der Waals surface area contributed by atoms with E-state index in [0.717, 1.165) is 80.0 Å². The number of pyridine rings is 1. The van der Waals surface area contributed by atoms with Crippen LogP contribution in [-0.2, 0) is 16.1 Å². The highest BCUT2D eigenvalue weighted by Gasteiger charge is 2.30. The van der Waals surface area contributed by atoms with Gasteiger partial charge in [0.2, 0.25) is 0 Å². The van der Waals surface area contributed by atoms with Gasteiger partial charge in [0.15, 0.2) is 0 Å². The quantitative estimate of drug-likeness (QED) is 0.186. The number of carboxylic acids is 1. The molecule has 1 N–H and O–H groups in total. The molecule has 1 amide bonds. The van der Waals surface area contributed by atoms with Crippen LogP contribution in [-0.4, -0.2) is 74.4 Å². The van der Waals surface area contributed by atoms with Gasteiger partial charge in [-0.25, -0.2) is 19.8 Å². The van der Waals surface area contributed by atoms with E-state index in [1.54, 1.807) is 23.5 Å². The number of carbonyl (C=O) groups excluding carboxylic acids is 1. The topological polar surface area (TPSA) is 101 Å². The summed E-state index contributed by atoms with van der Waals surface area (Å²) in [5.74, 6) is -0.677. The number of morpholine rings is 1. The molecule has 2 aliphatic rings. The number of aryl methyl sites for hydroxylation is 2. The maximum Gasteiger partial charge on any atom is 0.335 e. The molecule has 0 spiro atoms. The third-order valence-corrected chi connectivity index (χ3v) is 10.8. The zero-order chi connectivity index (χ0) is 32.7. The number of hydrogen-bond acceptors (Lipinski definition) is 7. The Labute approximate surface area is 278 Å². The molecule has 47 heavy (non-hydrogen) atoms. The highest BCUT2D eigenvalue weighted by molar-refractivity contribution is 7.15. The Bertz CT molecular complexity index is 1970. The van der Waals surface area contributed by atoms with Crippen LogP contribution >= 0.6 is 11.3 Å². The van der Waals surface area contributed by atoms with Gasteiger partial charge in [0, 0.05) is 30.4 Å². The number of fused-ring (bicyclic) bond motifs is 2. The predicted octanol–water partition coefficient (Wildman–Crippen LogP) is 7.44. The number of carboxylic acid groups (broad SMARTS) is 1. The molecular weight excluding hydrogens is 611 g/mol. The number of nitrogens with zero attached hydrogens (tertiary/aromatic N) is 5. The van der Waals surface area contributed by atoms with Crippen LogP contribution in [0.15, 0.2) is 48.5 Å². The third kappa shape index (κ3) is 6.06. The molecule has 0 bridgehead atoms. The minimum Gasteiger partial charge on any atom is -0.478 e. The van der Waals surface area contributed by atoms with Crippen molar-refractivity contribution in [2.24, 2.45) is 0 Å². The summed E-state index contributed by atoms with van der Waals surface area (Å²) < 4.78 is 7.65. The van der Waals surface area contributed by atoms with Crippen molar-refractivity contribution in [1.29, 1.82) is 0 Å². The summed E-state index contributed by atoms with van der Waals surface area (Å²) in [5, 5.41) is 17.0. The first kappa shape index (κ1) is 31.5. The molecule has 4 heterocycles. The van der Waals surface area contributed by atoms with Gasteiger partial charge in [-0.2, -0.15) is 0 Å². The fraction of sp³-hybridized carbons (Fsp3) is 0.405. The minimum absolute atomic E-state index is 0.0224. The first-order chi connectivity index (χ1) is 22.8. The largest absolute Gasteiger partial charge is 0.478 e. The first-order valence-electron chi connectivity index (χ1n) is 16.7. The Morgan fingerprint density at radius 2 is 1.79 bits per heavy atom. The van der Waals surface area contributed by atoms with Crippen molar-refractivity contribution >= 4 is 45.0 Å². The zero-order valence-electron chi connectivity index (χ0n) is 27.3. The van der Waals surface area contributed by atoms with Crippen molar-refractivity contribution in [3.63, 3.8) is 0 Å². The molecule has 0 atom stereocenters. The van der Waals surface area contributed by atoms with Crippen molar-refractivity contribution < 1.29 is 19.4 Å². The summed E-state index contributed by atoms with van der Waals surface area (Å²) in [6.07, 6.45) is 5.68. The summed E-state index contributed by atoms with van der Waals surface area (Å²) in [7, 11) is 0. The zero-order valence-corrected chi connectivity index (χ0v) is 28.1. The van der Waals surface area contributed by atoms with Crippen molar-refractivity contribution in [3.05, 3.63) is 70.4 Å². The number of amides is 1. The lowest BCUT2D eigenvalue weighted by atomic mass is 9.81. The molecule has 0 radical (unpaired) electrons. The van der Waals surface area contributed by atoms with Gasteiger partial charge in [-0.15, -0.1) is 11.3 Å². The van der Waals surface area contributed by atoms with Crippen molar-refractivity contribution in [2.75, 3.05) is 32.8 Å². The molecule has 7 rings (SSSR count). The van der Waals surface area contributed by atoms with Gasteiger partial charge < -0.3 is 14.4 Å². The van der Waals surface area contributed by atoms with E-state index < -0.39 is 5.97 Å². The van der Waals surface area contributed by atoms with Gasteiger partial charge in [-0.3, -0.25) is 9.80 Å². The Morgan fingerprint density at radius 3 is 2.49 bits per heavy atom. The molecular formula is C37H41N5O4S. The summed E-state index contributed by atoms with van der Waals surface area (Å²) in [4.78, 5) is 37.1. The fourth-order valence-electron chi connectivity index (χ4n) is 7.50. The molecule has 1 saturated carbocycles. The molecule has 2 fully saturated rings. The number of likely N-dealkylation sites (N-methyl/N-ethyl adjacent to an activating group) is 1. The van der Waals surface area contributed by atoms with E-state index in [0.29, 0.717) is 38.8 Å². The average molecular weight is 652 g/mol. The van der Waals surface area contributed by atoms with Gasteiger partial charge in [0.25, 0.3) is 5.91 Å². The minimum atomic E-state index is -0.978. The van der Waals surface area contributed by atoms with E-state index in [4.69, 9.17) is 9.72 Å². The van der Waals surface area contributed by atoms with E-state index in [9.17, 15) is 14.7 Å². The third-order valence-electron chi connectivity index (χ3n) is 9.67. The number of aromatic nitrogens is 3. The van der Waals surface area contributed by atoms with Gasteiger partial charge in [0.05, 0.1) is 56.8 Å². The lowest BCUT2D eigenvalue weighted by molar-refractivity contribution is -0.156. The lowest BCUT2D eigenvalue weighted by Crippen LogP contribution is -2.52. The highest BCUT2D eigenvalue weighted by Crippen LogP contribution is 2.45. The van der Waals surface area contributed by atoms with Crippen molar-refractivity contribution in [1.82, 2.24) is 24.6 Å². The molecule has 244 valence electrons. The number of hydrazine groups is 1. The molecule has 10 heteroatoms. The summed E-state index contributed by atoms with van der Waals surface area (Å²) >= 11 is 1.66. The Kier molecular flexibility index (Phi) is 8.83.